The first-order valence-corrected chi connectivity index (χ1v) is 7.73. The number of likely N-dealkylation sites (tertiary alicyclic amines) is 1. The Bertz CT molecular complexity index is 563. The molecule has 22 heavy (non-hydrogen) atoms. The quantitative estimate of drug-likeness (QED) is 0.898. The number of aliphatic hydroxyl groups excluding tert-OH is 1. The number of halogens is 2. The molecule has 1 aromatic rings. The van der Waals surface area contributed by atoms with Crippen molar-refractivity contribution < 1.29 is 18.7 Å². The van der Waals surface area contributed by atoms with E-state index in [2.05, 4.69) is 5.32 Å². The number of hydrogen-bond donors (Lipinski definition) is 2. The fourth-order valence-corrected chi connectivity index (χ4v) is 3.14. The fraction of sp³-hybridized carbons (Fsp3) is 0.562. The first-order valence-electron chi connectivity index (χ1n) is 7.73. The number of hydrogen-bond acceptors (Lipinski definition) is 2. The summed E-state index contributed by atoms with van der Waals surface area (Å²) in [5.74, 6) is -0.861. The molecular weight excluding hydrogens is 290 g/mol. The zero-order valence-electron chi connectivity index (χ0n) is 12.3. The predicted molar refractivity (Wildman–Crippen MR) is 77.2 cm³/mol. The van der Waals surface area contributed by atoms with Gasteiger partial charge in [0.2, 0.25) is 0 Å². The molecule has 1 saturated heterocycles. The van der Waals surface area contributed by atoms with Gasteiger partial charge in [0.1, 0.15) is 11.6 Å². The van der Waals surface area contributed by atoms with E-state index in [1.807, 2.05) is 0 Å². The Morgan fingerprint density at radius 3 is 2.82 bits per heavy atom. The van der Waals surface area contributed by atoms with Crippen molar-refractivity contribution >= 4 is 6.03 Å². The van der Waals surface area contributed by atoms with Crippen molar-refractivity contribution in [2.45, 2.75) is 37.8 Å². The highest BCUT2D eigenvalue weighted by Crippen LogP contribution is 2.42. The maximum Gasteiger partial charge on any atom is 0.318 e. The van der Waals surface area contributed by atoms with E-state index in [-0.39, 0.29) is 30.2 Å². The van der Waals surface area contributed by atoms with E-state index < -0.39 is 17.7 Å². The number of aliphatic hydroxyl groups is 1. The van der Waals surface area contributed by atoms with E-state index in [0.717, 1.165) is 43.9 Å². The number of carbonyl (C=O) groups is 1. The van der Waals surface area contributed by atoms with Crippen molar-refractivity contribution in [3.05, 3.63) is 35.4 Å². The average molecular weight is 310 g/mol. The van der Waals surface area contributed by atoms with Crippen LogP contribution in [-0.2, 0) is 0 Å². The SMILES string of the molecule is O=C(N[C@@H](c1cc(F)ccc1F)C1CC1)N1CCC[C@@H]1CO. The normalized spacial score (nSPS) is 22.7. The summed E-state index contributed by atoms with van der Waals surface area (Å²) in [4.78, 5) is 14.0. The Labute approximate surface area is 128 Å². The summed E-state index contributed by atoms with van der Waals surface area (Å²) in [5, 5.41) is 12.1. The molecule has 4 nitrogen and oxygen atoms in total. The summed E-state index contributed by atoms with van der Waals surface area (Å²) in [6, 6.07) is 2.33. The summed E-state index contributed by atoms with van der Waals surface area (Å²) in [6.45, 7) is 0.510. The molecule has 2 N–H and O–H groups in total. The van der Waals surface area contributed by atoms with Gasteiger partial charge in [0.15, 0.2) is 0 Å². The van der Waals surface area contributed by atoms with Crippen molar-refractivity contribution in [2.24, 2.45) is 5.92 Å². The molecule has 2 aliphatic rings. The smallest absolute Gasteiger partial charge is 0.318 e. The predicted octanol–water partition coefficient (Wildman–Crippen LogP) is 2.58. The second kappa shape index (κ2) is 6.20. The van der Waals surface area contributed by atoms with Gasteiger partial charge >= 0.3 is 6.03 Å². The Balaban J connectivity index is 1.77. The third kappa shape index (κ3) is 3.06. The van der Waals surface area contributed by atoms with Gasteiger partial charge in [-0.25, -0.2) is 13.6 Å². The Morgan fingerprint density at radius 2 is 2.14 bits per heavy atom. The van der Waals surface area contributed by atoms with Crippen molar-refractivity contribution in [1.82, 2.24) is 10.2 Å². The molecule has 3 rings (SSSR count). The molecule has 1 aliphatic carbocycles. The Hall–Kier alpha value is -1.69. The van der Waals surface area contributed by atoms with Crippen LogP contribution in [0.25, 0.3) is 0 Å². The van der Waals surface area contributed by atoms with Crippen molar-refractivity contribution in [1.29, 1.82) is 0 Å². The fourth-order valence-electron chi connectivity index (χ4n) is 3.14. The first-order chi connectivity index (χ1) is 10.6. The second-order valence-corrected chi connectivity index (χ2v) is 6.10. The number of rotatable bonds is 4. The van der Waals surface area contributed by atoms with Crippen molar-refractivity contribution in [3.63, 3.8) is 0 Å². The zero-order valence-corrected chi connectivity index (χ0v) is 12.3. The van der Waals surface area contributed by atoms with Crippen LogP contribution in [-0.4, -0.2) is 35.2 Å². The number of urea groups is 1. The highest BCUT2D eigenvalue weighted by Gasteiger charge is 2.37. The van der Waals surface area contributed by atoms with Gasteiger partial charge in [-0.1, -0.05) is 0 Å². The molecule has 1 aliphatic heterocycles. The van der Waals surface area contributed by atoms with E-state index in [4.69, 9.17) is 0 Å². The van der Waals surface area contributed by atoms with Crippen molar-refractivity contribution in [3.8, 4) is 0 Å². The third-order valence-electron chi connectivity index (χ3n) is 4.51. The van der Waals surface area contributed by atoms with Crippen LogP contribution in [0.3, 0.4) is 0 Å². The molecule has 120 valence electrons. The summed E-state index contributed by atoms with van der Waals surface area (Å²) in [7, 11) is 0. The summed E-state index contributed by atoms with van der Waals surface area (Å²) in [5.41, 5.74) is 0.204. The van der Waals surface area contributed by atoms with E-state index in [1.165, 1.54) is 0 Å². The van der Waals surface area contributed by atoms with Crippen molar-refractivity contribution in [2.75, 3.05) is 13.2 Å². The van der Waals surface area contributed by atoms with Gasteiger partial charge in [0.25, 0.3) is 0 Å². The third-order valence-corrected chi connectivity index (χ3v) is 4.51. The zero-order chi connectivity index (χ0) is 15.7. The molecule has 0 radical (unpaired) electrons. The van der Waals surface area contributed by atoms with Crippen LogP contribution in [0.5, 0.6) is 0 Å². The van der Waals surface area contributed by atoms with Gasteiger partial charge in [-0.3, -0.25) is 0 Å². The van der Waals surface area contributed by atoms with Crippen LogP contribution in [0, 0.1) is 17.6 Å². The molecule has 0 bridgehead atoms. The minimum absolute atomic E-state index is 0.0736. The summed E-state index contributed by atoms with van der Waals surface area (Å²) >= 11 is 0. The lowest BCUT2D eigenvalue weighted by Crippen LogP contribution is -2.45. The second-order valence-electron chi connectivity index (χ2n) is 6.10. The van der Waals surface area contributed by atoms with E-state index in [0.29, 0.717) is 6.54 Å². The number of nitrogens with one attached hydrogen (secondary N) is 1. The number of benzene rings is 1. The molecule has 2 amide bonds. The maximum absolute atomic E-state index is 14.0. The summed E-state index contributed by atoms with van der Waals surface area (Å²) < 4.78 is 27.4. The molecule has 2 fully saturated rings. The van der Waals surface area contributed by atoms with Crippen LogP contribution in [0.2, 0.25) is 0 Å². The lowest BCUT2D eigenvalue weighted by molar-refractivity contribution is 0.153. The van der Waals surface area contributed by atoms with Crippen LogP contribution in [0.1, 0.15) is 37.3 Å². The topological polar surface area (TPSA) is 52.6 Å². The Morgan fingerprint density at radius 1 is 1.36 bits per heavy atom. The first kappa shape index (κ1) is 15.2. The maximum atomic E-state index is 14.0. The molecule has 2 atom stereocenters. The lowest BCUT2D eigenvalue weighted by Gasteiger charge is -2.27. The minimum atomic E-state index is -0.511. The van der Waals surface area contributed by atoms with Crippen LogP contribution >= 0.6 is 0 Å². The van der Waals surface area contributed by atoms with Crippen LogP contribution in [0.15, 0.2) is 18.2 Å². The van der Waals surface area contributed by atoms with E-state index >= 15 is 0 Å². The molecule has 0 unspecified atom stereocenters. The van der Waals surface area contributed by atoms with Gasteiger partial charge in [-0.2, -0.15) is 0 Å². The number of carbonyl (C=O) groups excluding carboxylic acids is 1. The minimum Gasteiger partial charge on any atom is -0.394 e. The molecular formula is C16H20F2N2O2. The van der Waals surface area contributed by atoms with Gasteiger partial charge < -0.3 is 15.3 Å². The van der Waals surface area contributed by atoms with Crippen LogP contribution in [0.4, 0.5) is 13.6 Å². The van der Waals surface area contributed by atoms with Crippen LogP contribution < -0.4 is 5.32 Å². The van der Waals surface area contributed by atoms with E-state index in [1.54, 1.807) is 4.90 Å². The average Bonchev–Trinajstić information content (AvgIpc) is 3.23. The van der Waals surface area contributed by atoms with Gasteiger partial charge in [0.05, 0.1) is 18.7 Å². The molecule has 0 aromatic heterocycles. The monoisotopic (exact) mass is 310 g/mol. The molecule has 6 heteroatoms. The van der Waals surface area contributed by atoms with E-state index in [9.17, 15) is 18.7 Å². The lowest BCUT2D eigenvalue weighted by atomic mass is 10.0. The standard InChI is InChI=1S/C16H20F2N2O2/c17-11-5-6-14(18)13(8-11)15(10-3-4-10)19-16(22)20-7-1-2-12(20)9-21/h5-6,8,10,12,15,21H,1-4,7,9H2,(H,19,22)/t12-,15-/m1/s1. The molecule has 1 saturated carbocycles. The van der Waals surface area contributed by atoms with Gasteiger partial charge in [0, 0.05) is 12.1 Å². The highest BCUT2D eigenvalue weighted by atomic mass is 19.1. The number of amides is 2. The largest absolute Gasteiger partial charge is 0.394 e. The summed E-state index contributed by atoms with van der Waals surface area (Å²) in [6.07, 6.45) is 3.40. The van der Waals surface area contributed by atoms with Gasteiger partial charge in [-0.05, 0) is 49.8 Å². The number of nitrogens with zero attached hydrogens (tertiary/aromatic N) is 1. The molecule has 0 spiro atoms. The molecule has 1 heterocycles. The molecule has 1 aromatic carbocycles. The Kier molecular flexibility index (Phi) is 4.29. The highest BCUT2D eigenvalue weighted by molar-refractivity contribution is 5.75. The van der Waals surface area contributed by atoms with Gasteiger partial charge in [-0.15, -0.1) is 0 Å².